The summed E-state index contributed by atoms with van der Waals surface area (Å²) >= 11 is 0. The van der Waals surface area contributed by atoms with Crippen LogP contribution in [0, 0.1) is 0 Å². The second-order valence-electron chi connectivity index (χ2n) is 1.79. The molecule has 0 saturated carbocycles. The van der Waals surface area contributed by atoms with E-state index >= 15 is 0 Å². The van der Waals surface area contributed by atoms with Crippen molar-refractivity contribution in [2.75, 3.05) is 0 Å². The molecule has 0 spiro atoms. The molecule has 0 amide bonds. The third-order valence-electron chi connectivity index (χ3n) is 1.04. The number of benzene rings is 1. The van der Waals surface area contributed by atoms with Crippen molar-refractivity contribution in [2.24, 2.45) is 0 Å². The predicted octanol–water partition coefficient (Wildman–Crippen LogP) is -6.75. The molecule has 54 valence electrons. The van der Waals surface area contributed by atoms with Crippen molar-refractivity contribution in [3.63, 3.8) is 0 Å². The van der Waals surface area contributed by atoms with E-state index in [4.69, 9.17) is 10.2 Å². The van der Waals surface area contributed by atoms with Gasteiger partial charge in [0, 0.05) is 6.07 Å². The number of rotatable bonds is 0. The molecule has 0 unspecified atom stereocenters. The topological polar surface area (TPSA) is 86.6 Å². The van der Waals surface area contributed by atoms with Gasteiger partial charge in [-0.3, -0.25) is 0 Å². The maximum atomic E-state index is 10.4. The van der Waals surface area contributed by atoms with Crippen molar-refractivity contribution in [2.45, 2.75) is 0 Å². The molecule has 0 atom stereocenters. The molecule has 4 nitrogen and oxygen atoms in total. The van der Waals surface area contributed by atoms with Crippen molar-refractivity contribution in [1.82, 2.24) is 0 Å². The summed E-state index contributed by atoms with van der Waals surface area (Å²) in [4.78, 5) is 0. The fourth-order valence-electron chi connectivity index (χ4n) is 0.539. The Morgan fingerprint density at radius 2 is 1.17 bits per heavy atom. The summed E-state index contributed by atoms with van der Waals surface area (Å²) in [5, 5.41) is 38.1. The average Bonchev–Trinajstić information content (AvgIpc) is 1.84. The molecular weight excluding hydrogens is 182 g/mol. The number of phenolic OH excluding ortho intramolecular Hbond substituents is 2. The van der Waals surface area contributed by atoms with Gasteiger partial charge in [-0.2, -0.15) is 0 Å². The summed E-state index contributed by atoms with van der Waals surface area (Å²) in [5.41, 5.74) is 0. The first-order chi connectivity index (χ1) is 4.61. The molecule has 12 heavy (non-hydrogen) atoms. The van der Waals surface area contributed by atoms with Gasteiger partial charge >= 0.3 is 59.1 Å². The molecule has 0 heterocycles. The van der Waals surface area contributed by atoms with E-state index in [0.717, 1.165) is 6.07 Å². The van der Waals surface area contributed by atoms with E-state index in [1.54, 1.807) is 0 Å². The minimum Gasteiger partial charge on any atom is -0.870 e. The zero-order chi connectivity index (χ0) is 7.72. The van der Waals surface area contributed by atoms with Gasteiger partial charge in [0.25, 0.3) is 0 Å². The Morgan fingerprint density at radius 1 is 0.833 bits per heavy atom. The third-order valence-corrected chi connectivity index (χ3v) is 1.04. The summed E-state index contributed by atoms with van der Waals surface area (Å²) in [6, 6.07) is 1.36. The monoisotopic (exact) mass is 186 g/mol. The van der Waals surface area contributed by atoms with Crippen LogP contribution in [0.4, 0.5) is 0 Å². The molecule has 0 fully saturated rings. The van der Waals surface area contributed by atoms with Gasteiger partial charge < -0.3 is 20.4 Å². The van der Waals surface area contributed by atoms with Crippen LogP contribution < -0.4 is 69.3 Å². The van der Waals surface area contributed by atoms with Crippen molar-refractivity contribution in [1.29, 1.82) is 0 Å². The molecule has 1 aromatic carbocycles. The summed E-state index contributed by atoms with van der Waals surface area (Å²) in [6.45, 7) is 0. The van der Waals surface area contributed by atoms with Gasteiger partial charge in [0.2, 0.25) is 0 Å². The SMILES string of the molecule is [Na+].[Na+].[O-]c1cc([O-])c(O)cc1O. The molecule has 0 aliphatic rings. The van der Waals surface area contributed by atoms with Crippen molar-refractivity contribution in [3.8, 4) is 23.0 Å². The minimum atomic E-state index is -0.775. The van der Waals surface area contributed by atoms with E-state index in [1.807, 2.05) is 0 Å². The van der Waals surface area contributed by atoms with E-state index in [-0.39, 0.29) is 59.1 Å². The van der Waals surface area contributed by atoms with Gasteiger partial charge in [-0.15, -0.1) is 0 Å². The van der Waals surface area contributed by atoms with Crippen LogP contribution in [0.25, 0.3) is 0 Å². The van der Waals surface area contributed by atoms with Crippen molar-refractivity contribution >= 4 is 0 Å². The Balaban J connectivity index is 0. The van der Waals surface area contributed by atoms with E-state index in [9.17, 15) is 10.2 Å². The van der Waals surface area contributed by atoms with E-state index < -0.39 is 23.0 Å². The normalized spacial score (nSPS) is 8.00. The van der Waals surface area contributed by atoms with Crippen molar-refractivity contribution < 1.29 is 79.5 Å². The first-order valence-corrected chi connectivity index (χ1v) is 2.51. The fraction of sp³-hybridized carbons (Fsp3) is 0. The second-order valence-corrected chi connectivity index (χ2v) is 1.79. The molecule has 1 aromatic rings. The minimum absolute atomic E-state index is 0. The summed E-state index contributed by atoms with van der Waals surface area (Å²) in [5.74, 6) is -2.78. The predicted molar refractivity (Wildman–Crippen MR) is 28.7 cm³/mol. The summed E-state index contributed by atoms with van der Waals surface area (Å²) < 4.78 is 0. The van der Waals surface area contributed by atoms with Crippen LogP contribution in [0.2, 0.25) is 0 Å². The molecule has 6 heteroatoms. The van der Waals surface area contributed by atoms with E-state index in [2.05, 4.69) is 0 Å². The van der Waals surface area contributed by atoms with Gasteiger partial charge in [0.05, 0.1) is 0 Å². The molecule has 0 bridgehead atoms. The van der Waals surface area contributed by atoms with Crippen LogP contribution in [0.3, 0.4) is 0 Å². The third kappa shape index (κ3) is 3.43. The Hall–Kier alpha value is 0.420. The Morgan fingerprint density at radius 3 is 1.42 bits per heavy atom. The van der Waals surface area contributed by atoms with Crippen LogP contribution in [-0.4, -0.2) is 10.2 Å². The fourth-order valence-corrected chi connectivity index (χ4v) is 0.539. The van der Waals surface area contributed by atoms with Gasteiger partial charge in [-0.25, -0.2) is 0 Å². The Bertz CT molecular complexity index is 214. The first-order valence-electron chi connectivity index (χ1n) is 2.51. The first kappa shape index (κ1) is 14.9. The number of hydrogen-bond donors (Lipinski definition) is 2. The van der Waals surface area contributed by atoms with Gasteiger partial charge in [-0.05, 0) is 0 Å². The molecule has 0 saturated heterocycles. The van der Waals surface area contributed by atoms with Gasteiger partial charge in [-0.1, -0.05) is 17.6 Å². The second kappa shape index (κ2) is 5.96. The zero-order valence-corrected chi connectivity index (χ0v) is 10.9. The molecule has 0 aliphatic carbocycles. The molecule has 0 aliphatic heterocycles. The maximum Gasteiger partial charge on any atom is 1.00 e. The molecule has 0 aromatic heterocycles. The Kier molecular flexibility index (Phi) is 7.41. The van der Waals surface area contributed by atoms with Crippen LogP contribution >= 0.6 is 0 Å². The molecule has 1 rings (SSSR count). The van der Waals surface area contributed by atoms with Gasteiger partial charge in [0.15, 0.2) is 0 Å². The average molecular weight is 186 g/mol. The maximum absolute atomic E-state index is 10.4. The van der Waals surface area contributed by atoms with E-state index in [1.165, 1.54) is 0 Å². The zero-order valence-electron chi connectivity index (χ0n) is 6.87. The number of hydrogen-bond acceptors (Lipinski definition) is 4. The van der Waals surface area contributed by atoms with Crippen LogP contribution in [0.15, 0.2) is 12.1 Å². The largest absolute Gasteiger partial charge is 1.00 e. The quantitative estimate of drug-likeness (QED) is 0.394. The van der Waals surface area contributed by atoms with E-state index in [0.29, 0.717) is 6.07 Å². The summed E-state index contributed by atoms with van der Waals surface area (Å²) in [6.07, 6.45) is 0. The smallest absolute Gasteiger partial charge is 0.870 e. The standard InChI is InChI=1S/C6H6O4.2Na/c7-3-1-4(8)6(10)2-5(3)9;;/h1-2,7-10H;;/q;2*+1/p-2. The van der Waals surface area contributed by atoms with Crippen molar-refractivity contribution in [3.05, 3.63) is 12.1 Å². The molecular formula is C6H4Na2O4. The molecule has 2 N–H and O–H groups in total. The van der Waals surface area contributed by atoms with Crippen LogP contribution in [0.5, 0.6) is 23.0 Å². The van der Waals surface area contributed by atoms with Crippen LogP contribution in [-0.2, 0) is 0 Å². The number of phenols is 2. The van der Waals surface area contributed by atoms with Gasteiger partial charge in [0.1, 0.15) is 11.5 Å². The van der Waals surface area contributed by atoms with Crippen LogP contribution in [0.1, 0.15) is 0 Å². The number of aromatic hydroxyl groups is 2. The summed E-state index contributed by atoms with van der Waals surface area (Å²) in [7, 11) is 0. The molecule has 0 radical (unpaired) electrons. The Labute approximate surface area is 113 Å².